The predicted molar refractivity (Wildman–Crippen MR) is 47.2 cm³/mol. The molecule has 5 heteroatoms. The van der Waals surface area contributed by atoms with E-state index in [4.69, 9.17) is 5.73 Å². The van der Waals surface area contributed by atoms with E-state index in [2.05, 4.69) is 28.1 Å². The summed E-state index contributed by atoms with van der Waals surface area (Å²) in [6, 6.07) is 0. The standard InChI is InChI=1S/C5H12N4S/c6-1-2-7-3-4-8-9-5-10/h4-5,7H,1-3,6H2,(H,9,10). The van der Waals surface area contributed by atoms with Crippen LogP contribution in [-0.2, 0) is 0 Å². The molecule has 0 aromatic rings. The maximum Gasteiger partial charge on any atom is 0.0829 e. The van der Waals surface area contributed by atoms with Crippen LogP contribution in [0.25, 0.3) is 0 Å². The molecule has 0 aliphatic heterocycles. The van der Waals surface area contributed by atoms with Gasteiger partial charge in [-0.05, 0) is 0 Å². The quantitative estimate of drug-likeness (QED) is 0.203. The zero-order chi connectivity index (χ0) is 7.66. The molecule has 0 bridgehead atoms. The lowest BCUT2D eigenvalue weighted by molar-refractivity contribution is 0.770. The van der Waals surface area contributed by atoms with E-state index in [-0.39, 0.29) is 0 Å². The molecule has 4 nitrogen and oxygen atoms in total. The number of hydrogen-bond acceptors (Lipinski definition) is 4. The van der Waals surface area contributed by atoms with Crippen molar-refractivity contribution in [2.24, 2.45) is 10.8 Å². The van der Waals surface area contributed by atoms with Gasteiger partial charge in [0.2, 0.25) is 0 Å². The van der Waals surface area contributed by atoms with Crippen molar-refractivity contribution in [1.29, 1.82) is 0 Å². The van der Waals surface area contributed by atoms with Gasteiger partial charge >= 0.3 is 0 Å². The molecular formula is C5H12N4S. The lowest BCUT2D eigenvalue weighted by atomic mass is 10.6. The Balaban J connectivity index is 2.94. The molecule has 0 radical (unpaired) electrons. The zero-order valence-corrected chi connectivity index (χ0v) is 6.53. The summed E-state index contributed by atoms with van der Waals surface area (Å²) in [4.78, 5) is 0. The molecule has 0 atom stereocenters. The first-order valence-electron chi connectivity index (χ1n) is 3.03. The zero-order valence-electron chi connectivity index (χ0n) is 5.71. The van der Waals surface area contributed by atoms with Crippen LogP contribution in [0.5, 0.6) is 0 Å². The summed E-state index contributed by atoms with van der Waals surface area (Å²) < 4.78 is 0. The molecule has 0 fully saturated rings. The minimum absolute atomic E-state index is 0.647. The second kappa shape index (κ2) is 8.48. The molecule has 0 heterocycles. The van der Waals surface area contributed by atoms with Crippen molar-refractivity contribution in [2.75, 3.05) is 19.6 Å². The van der Waals surface area contributed by atoms with Crippen molar-refractivity contribution in [1.82, 2.24) is 10.7 Å². The average molecular weight is 160 g/mol. The van der Waals surface area contributed by atoms with Crippen LogP contribution in [0.15, 0.2) is 5.10 Å². The average Bonchev–Trinajstić information content (AvgIpc) is 1.97. The molecule has 0 aromatic heterocycles. The number of nitrogens with two attached hydrogens (primary N) is 1. The molecule has 0 rings (SSSR count). The molecule has 58 valence electrons. The fourth-order valence-corrected chi connectivity index (χ4v) is 0.458. The van der Waals surface area contributed by atoms with E-state index in [1.807, 2.05) is 0 Å². The second-order valence-electron chi connectivity index (χ2n) is 1.55. The first-order valence-corrected chi connectivity index (χ1v) is 3.50. The summed E-state index contributed by atoms with van der Waals surface area (Å²) in [5.74, 6) is 0. The Labute approximate surface area is 65.9 Å². The van der Waals surface area contributed by atoms with E-state index in [1.165, 1.54) is 5.49 Å². The van der Waals surface area contributed by atoms with Gasteiger partial charge in [0, 0.05) is 25.8 Å². The SMILES string of the molecule is NCCNCC=NNC=S. The van der Waals surface area contributed by atoms with Crippen LogP contribution >= 0.6 is 12.2 Å². The smallest absolute Gasteiger partial charge is 0.0829 e. The maximum atomic E-state index is 5.22. The van der Waals surface area contributed by atoms with Gasteiger partial charge in [-0.2, -0.15) is 5.10 Å². The topological polar surface area (TPSA) is 62.4 Å². The minimum Gasteiger partial charge on any atom is -0.329 e. The summed E-state index contributed by atoms with van der Waals surface area (Å²) >= 11 is 4.46. The van der Waals surface area contributed by atoms with E-state index >= 15 is 0 Å². The predicted octanol–water partition coefficient (Wildman–Crippen LogP) is -0.933. The van der Waals surface area contributed by atoms with Crippen LogP contribution < -0.4 is 16.5 Å². The van der Waals surface area contributed by atoms with Crippen molar-refractivity contribution in [3.05, 3.63) is 0 Å². The van der Waals surface area contributed by atoms with Gasteiger partial charge in [0.05, 0.1) is 5.49 Å². The highest BCUT2D eigenvalue weighted by atomic mass is 32.1. The van der Waals surface area contributed by atoms with Gasteiger partial charge in [-0.3, -0.25) is 5.43 Å². The van der Waals surface area contributed by atoms with Crippen molar-refractivity contribution in [3.8, 4) is 0 Å². The van der Waals surface area contributed by atoms with E-state index in [0.29, 0.717) is 13.1 Å². The van der Waals surface area contributed by atoms with E-state index in [1.54, 1.807) is 6.21 Å². The molecule has 0 unspecified atom stereocenters. The molecule has 0 amide bonds. The van der Waals surface area contributed by atoms with Gasteiger partial charge in [-0.1, -0.05) is 12.2 Å². The van der Waals surface area contributed by atoms with Gasteiger partial charge in [0.1, 0.15) is 0 Å². The van der Waals surface area contributed by atoms with Crippen molar-refractivity contribution in [2.45, 2.75) is 0 Å². The Morgan fingerprint density at radius 3 is 3.00 bits per heavy atom. The largest absolute Gasteiger partial charge is 0.329 e. The first kappa shape index (κ1) is 9.48. The highest BCUT2D eigenvalue weighted by Gasteiger charge is 1.77. The number of nitrogens with one attached hydrogen (secondary N) is 2. The summed E-state index contributed by atoms with van der Waals surface area (Å²) in [5, 5.41) is 6.76. The number of thiocarbonyl (C=S) groups is 1. The molecule has 4 N–H and O–H groups in total. The second-order valence-corrected chi connectivity index (χ2v) is 1.79. The van der Waals surface area contributed by atoms with Gasteiger partial charge in [0.15, 0.2) is 0 Å². The number of nitrogens with zero attached hydrogens (tertiary/aromatic N) is 1. The Hall–Kier alpha value is -0.520. The number of rotatable bonds is 6. The first-order chi connectivity index (χ1) is 4.91. The monoisotopic (exact) mass is 160 g/mol. The number of hydrazone groups is 1. The Morgan fingerprint density at radius 1 is 1.60 bits per heavy atom. The molecular weight excluding hydrogens is 148 g/mol. The summed E-state index contributed by atoms with van der Waals surface area (Å²) in [6.45, 7) is 2.17. The van der Waals surface area contributed by atoms with Gasteiger partial charge in [0.25, 0.3) is 0 Å². The Kier molecular flexibility index (Phi) is 8.04. The fourth-order valence-electron chi connectivity index (χ4n) is 0.397. The van der Waals surface area contributed by atoms with Crippen molar-refractivity contribution < 1.29 is 0 Å². The van der Waals surface area contributed by atoms with Crippen LogP contribution in [0.3, 0.4) is 0 Å². The van der Waals surface area contributed by atoms with E-state index in [9.17, 15) is 0 Å². The normalized spacial score (nSPS) is 10.1. The molecule has 0 aliphatic rings. The Bertz CT molecular complexity index is 104. The third kappa shape index (κ3) is 7.48. The van der Waals surface area contributed by atoms with Gasteiger partial charge in [-0.15, -0.1) is 0 Å². The van der Waals surface area contributed by atoms with E-state index in [0.717, 1.165) is 6.54 Å². The lowest BCUT2D eigenvalue weighted by Crippen LogP contribution is -2.24. The highest BCUT2D eigenvalue weighted by Crippen LogP contribution is 1.54. The number of hydrogen-bond donors (Lipinski definition) is 3. The van der Waals surface area contributed by atoms with Crippen LogP contribution in [0.4, 0.5) is 0 Å². The molecule has 0 aliphatic carbocycles. The molecule has 0 saturated heterocycles. The van der Waals surface area contributed by atoms with Crippen LogP contribution in [0.1, 0.15) is 0 Å². The third-order valence-electron chi connectivity index (χ3n) is 0.775. The van der Waals surface area contributed by atoms with Crippen LogP contribution in [0.2, 0.25) is 0 Å². The lowest BCUT2D eigenvalue weighted by Gasteiger charge is -1.94. The minimum atomic E-state index is 0.647. The maximum absolute atomic E-state index is 5.22. The fraction of sp³-hybridized carbons (Fsp3) is 0.600. The summed E-state index contributed by atoms with van der Waals surface area (Å²) in [7, 11) is 0. The molecule has 0 saturated carbocycles. The van der Waals surface area contributed by atoms with Crippen LogP contribution in [0, 0.1) is 0 Å². The summed E-state index contributed by atoms with van der Waals surface area (Å²) in [6.07, 6.45) is 1.69. The third-order valence-corrected chi connectivity index (χ3v) is 0.881. The molecule has 0 aromatic carbocycles. The van der Waals surface area contributed by atoms with Gasteiger partial charge < -0.3 is 11.1 Å². The van der Waals surface area contributed by atoms with Gasteiger partial charge in [-0.25, -0.2) is 0 Å². The summed E-state index contributed by atoms with van der Waals surface area (Å²) in [5.41, 5.74) is 9.08. The molecule has 0 spiro atoms. The van der Waals surface area contributed by atoms with Crippen molar-refractivity contribution >= 4 is 23.9 Å². The van der Waals surface area contributed by atoms with Crippen LogP contribution in [-0.4, -0.2) is 31.3 Å². The highest BCUT2D eigenvalue weighted by molar-refractivity contribution is 7.78. The van der Waals surface area contributed by atoms with E-state index < -0.39 is 0 Å². The Morgan fingerprint density at radius 2 is 2.40 bits per heavy atom. The van der Waals surface area contributed by atoms with Crippen molar-refractivity contribution in [3.63, 3.8) is 0 Å². The molecule has 10 heavy (non-hydrogen) atoms.